The maximum Gasteiger partial charge on any atom is 0.226 e. The van der Waals surface area contributed by atoms with E-state index in [0.717, 1.165) is 25.7 Å². The number of aryl methyl sites for hydroxylation is 1. The zero-order valence-electron chi connectivity index (χ0n) is 11.9. The fraction of sp³-hybridized carbons (Fsp3) is 0.857. The van der Waals surface area contributed by atoms with E-state index >= 15 is 0 Å². The Morgan fingerprint density at radius 3 is 2.74 bits per heavy atom. The van der Waals surface area contributed by atoms with Crippen molar-refractivity contribution in [3.05, 3.63) is 11.7 Å². The Kier molecular flexibility index (Phi) is 4.93. The monoisotopic (exact) mass is 268 g/mol. The fourth-order valence-corrected chi connectivity index (χ4v) is 2.71. The molecule has 0 spiro atoms. The van der Waals surface area contributed by atoms with Crippen LogP contribution in [0.3, 0.4) is 0 Å². The van der Waals surface area contributed by atoms with Gasteiger partial charge >= 0.3 is 0 Å². The lowest BCUT2D eigenvalue weighted by Crippen LogP contribution is -2.33. The maximum absolute atomic E-state index is 9.29. The molecule has 0 amide bonds. The molecule has 5 heteroatoms. The Bertz CT molecular complexity index is 378. The van der Waals surface area contributed by atoms with Crippen molar-refractivity contribution in [3.8, 4) is 0 Å². The highest BCUT2D eigenvalue weighted by atomic mass is 16.5. The van der Waals surface area contributed by atoms with Gasteiger partial charge in [-0.3, -0.25) is 0 Å². The van der Waals surface area contributed by atoms with E-state index in [2.05, 4.69) is 10.1 Å². The van der Waals surface area contributed by atoms with E-state index in [4.69, 9.17) is 9.26 Å². The van der Waals surface area contributed by atoms with Crippen molar-refractivity contribution in [1.82, 2.24) is 10.1 Å². The molecule has 5 nitrogen and oxygen atoms in total. The third kappa shape index (κ3) is 3.54. The van der Waals surface area contributed by atoms with Crippen LogP contribution in [0.15, 0.2) is 4.52 Å². The molecule has 19 heavy (non-hydrogen) atoms. The third-order valence-electron chi connectivity index (χ3n) is 3.73. The molecule has 1 heterocycles. The SMILES string of the molecule is CCOC1(c2noc(CCC(C)O)n2)CCCCC1. The molecule has 1 saturated carbocycles. The number of hydrogen-bond donors (Lipinski definition) is 1. The normalized spacial score (nSPS) is 20.4. The fourth-order valence-electron chi connectivity index (χ4n) is 2.71. The predicted octanol–water partition coefficient (Wildman–Crippen LogP) is 2.58. The lowest BCUT2D eigenvalue weighted by molar-refractivity contribution is -0.0777. The molecule has 0 radical (unpaired) electrons. The van der Waals surface area contributed by atoms with Crippen LogP contribution in [-0.4, -0.2) is 28.0 Å². The zero-order valence-corrected chi connectivity index (χ0v) is 11.9. The van der Waals surface area contributed by atoms with Crippen LogP contribution in [0.25, 0.3) is 0 Å². The number of rotatable bonds is 6. The lowest BCUT2D eigenvalue weighted by atomic mass is 9.84. The van der Waals surface area contributed by atoms with Gasteiger partial charge in [-0.2, -0.15) is 4.98 Å². The molecule has 2 rings (SSSR count). The van der Waals surface area contributed by atoms with Crippen LogP contribution in [0, 0.1) is 0 Å². The summed E-state index contributed by atoms with van der Waals surface area (Å²) in [6, 6.07) is 0. The van der Waals surface area contributed by atoms with Crippen molar-refractivity contribution in [2.45, 2.75) is 70.5 Å². The number of aliphatic hydroxyl groups excluding tert-OH is 1. The highest BCUT2D eigenvalue weighted by molar-refractivity contribution is 5.03. The third-order valence-corrected chi connectivity index (χ3v) is 3.73. The van der Waals surface area contributed by atoms with Gasteiger partial charge in [0.1, 0.15) is 5.60 Å². The second-order valence-electron chi connectivity index (χ2n) is 5.39. The number of aliphatic hydroxyl groups is 1. The molecule has 1 aromatic heterocycles. The van der Waals surface area contributed by atoms with Gasteiger partial charge in [-0.1, -0.05) is 24.4 Å². The highest BCUT2D eigenvalue weighted by Gasteiger charge is 2.39. The minimum atomic E-state index is -0.348. The molecule has 0 aliphatic heterocycles. The van der Waals surface area contributed by atoms with Crippen molar-refractivity contribution in [1.29, 1.82) is 0 Å². The molecule has 1 aliphatic rings. The number of ether oxygens (including phenoxy) is 1. The second kappa shape index (κ2) is 6.48. The Morgan fingerprint density at radius 1 is 1.37 bits per heavy atom. The van der Waals surface area contributed by atoms with Gasteiger partial charge in [0.15, 0.2) is 0 Å². The van der Waals surface area contributed by atoms with Gasteiger partial charge in [-0.25, -0.2) is 0 Å². The van der Waals surface area contributed by atoms with Gasteiger partial charge in [-0.15, -0.1) is 0 Å². The Balaban J connectivity index is 2.09. The molecule has 1 atom stereocenters. The molecule has 1 unspecified atom stereocenters. The number of aromatic nitrogens is 2. The lowest BCUT2D eigenvalue weighted by Gasteiger charge is -2.33. The standard InChI is InChI=1S/C14H24N2O3/c1-3-18-14(9-5-4-6-10-14)13-15-12(19-16-13)8-7-11(2)17/h11,17H,3-10H2,1-2H3. The molecule has 1 N–H and O–H groups in total. The van der Waals surface area contributed by atoms with Crippen LogP contribution in [0.2, 0.25) is 0 Å². The van der Waals surface area contributed by atoms with E-state index in [0.29, 0.717) is 31.2 Å². The van der Waals surface area contributed by atoms with Gasteiger partial charge in [-0.05, 0) is 33.1 Å². The van der Waals surface area contributed by atoms with E-state index in [1.54, 1.807) is 6.92 Å². The van der Waals surface area contributed by atoms with Crippen LogP contribution in [0.5, 0.6) is 0 Å². The molecule has 1 fully saturated rings. The number of nitrogens with zero attached hydrogens (tertiary/aromatic N) is 2. The van der Waals surface area contributed by atoms with Gasteiger partial charge in [0, 0.05) is 13.0 Å². The average molecular weight is 268 g/mol. The molecule has 1 aromatic rings. The summed E-state index contributed by atoms with van der Waals surface area (Å²) in [6.07, 6.45) is 6.41. The molecular formula is C14H24N2O3. The van der Waals surface area contributed by atoms with Gasteiger partial charge < -0.3 is 14.4 Å². The van der Waals surface area contributed by atoms with E-state index in [9.17, 15) is 5.11 Å². The molecule has 0 aromatic carbocycles. The molecule has 0 saturated heterocycles. The van der Waals surface area contributed by atoms with Crippen LogP contribution in [0.4, 0.5) is 0 Å². The summed E-state index contributed by atoms with van der Waals surface area (Å²) in [5.74, 6) is 1.29. The van der Waals surface area contributed by atoms with Gasteiger partial charge in [0.25, 0.3) is 0 Å². The summed E-state index contributed by atoms with van der Waals surface area (Å²) >= 11 is 0. The first-order valence-corrected chi connectivity index (χ1v) is 7.31. The Morgan fingerprint density at radius 2 is 2.11 bits per heavy atom. The van der Waals surface area contributed by atoms with Crippen LogP contribution in [0.1, 0.15) is 64.1 Å². The Hall–Kier alpha value is -0.940. The van der Waals surface area contributed by atoms with Crippen LogP contribution >= 0.6 is 0 Å². The molecule has 108 valence electrons. The first kappa shape index (κ1) is 14.5. The van der Waals surface area contributed by atoms with Crippen molar-refractivity contribution < 1.29 is 14.4 Å². The number of hydrogen-bond acceptors (Lipinski definition) is 5. The summed E-state index contributed by atoms with van der Waals surface area (Å²) < 4.78 is 11.2. The van der Waals surface area contributed by atoms with E-state index in [1.165, 1.54) is 6.42 Å². The van der Waals surface area contributed by atoms with Crippen molar-refractivity contribution in [3.63, 3.8) is 0 Å². The van der Waals surface area contributed by atoms with E-state index in [1.807, 2.05) is 6.92 Å². The molecule has 1 aliphatic carbocycles. The second-order valence-corrected chi connectivity index (χ2v) is 5.39. The van der Waals surface area contributed by atoms with Gasteiger partial charge in [0.05, 0.1) is 6.10 Å². The minimum absolute atomic E-state index is 0.342. The smallest absolute Gasteiger partial charge is 0.226 e. The molecule has 0 bridgehead atoms. The zero-order chi connectivity index (χ0) is 13.7. The first-order valence-electron chi connectivity index (χ1n) is 7.31. The minimum Gasteiger partial charge on any atom is -0.393 e. The van der Waals surface area contributed by atoms with E-state index in [-0.39, 0.29) is 11.7 Å². The highest BCUT2D eigenvalue weighted by Crippen LogP contribution is 2.39. The maximum atomic E-state index is 9.29. The predicted molar refractivity (Wildman–Crippen MR) is 70.7 cm³/mol. The quantitative estimate of drug-likeness (QED) is 0.858. The van der Waals surface area contributed by atoms with Crippen LogP contribution < -0.4 is 0 Å². The summed E-state index contributed by atoms with van der Waals surface area (Å²) in [4.78, 5) is 4.48. The topological polar surface area (TPSA) is 68.4 Å². The van der Waals surface area contributed by atoms with E-state index < -0.39 is 0 Å². The first-order chi connectivity index (χ1) is 9.16. The molecular weight excluding hydrogens is 244 g/mol. The van der Waals surface area contributed by atoms with Crippen molar-refractivity contribution in [2.75, 3.05) is 6.61 Å². The average Bonchev–Trinajstić information content (AvgIpc) is 2.87. The largest absolute Gasteiger partial charge is 0.393 e. The van der Waals surface area contributed by atoms with Gasteiger partial charge in [0.2, 0.25) is 11.7 Å². The summed E-state index contributed by atoms with van der Waals surface area (Å²) in [6.45, 7) is 4.43. The summed E-state index contributed by atoms with van der Waals surface area (Å²) in [5.41, 5.74) is -0.348. The van der Waals surface area contributed by atoms with Crippen molar-refractivity contribution in [2.24, 2.45) is 0 Å². The van der Waals surface area contributed by atoms with Crippen LogP contribution in [-0.2, 0) is 16.8 Å². The van der Waals surface area contributed by atoms with Crippen molar-refractivity contribution >= 4 is 0 Å². The summed E-state index contributed by atoms with van der Waals surface area (Å²) in [5, 5.41) is 13.4. The Labute approximate surface area is 114 Å². The summed E-state index contributed by atoms with van der Waals surface area (Å²) in [7, 11) is 0.